The number of amides is 1. The Balaban J connectivity index is 3.53. The van der Waals surface area contributed by atoms with Gasteiger partial charge in [-0.15, -0.1) is 0 Å². The van der Waals surface area contributed by atoms with Gasteiger partial charge in [-0.05, 0) is 18.4 Å². The first-order valence-electron chi connectivity index (χ1n) is 5.05. The number of hydrogen-bond acceptors (Lipinski definition) is 3. The van der Waals surface area contributed by atoms with Gasteiger partial charge in [0, 0.05) is 20.1 Å². The first-order chi connectivity index (χ1) is 6.60. The molecule has 3 N–H and O–H groups in total. The Hall–Kier alpha value is -0.610. The number of methoxy groups -OCH3 is 1. The van der Waals surface area contributed by atoms with Gasteiger partial charge in [0.25, 0.3) is 0 Å². The van der Waals surface area contributed by atoms with E-state index in [0.717, 1.165) is 0 Å². The summed E-state index contributed by atoms with van der Waals surface area (Å²) in [7, 11) is 1.66. The third-order valence-corrected chi connectivity index (χ3v) is 2.04. The van der Waals surface area contributed by atoms with Crippen LogP contribution in [0.2, 0.25) is 0 Å². The molecular formula is C10H22N2O2. The van der Waals surface area contributed by atoms with Gasteiger partial charge in [0.15, 0.2) is 0 Å². The number of nitrogens with one attached hydrogen (secondary N) is 1. The lowest BCUT2D eigenvalue weighted by molar-refractivity contribution is -0.122. The van der Waals surface area contributed by atoms with Crippen molar-refractivity contribution >= 4 is 5.91 Å². The lowest BCUT2D eigenvalue weighted by atomic mass is 10.1. The van der Waals surface area contributed by atoms with Gasteiger partial charge >= 0.3 is 0 Å². The number of hydrogen-bond donors (Lipinski definition) is 2. The highest BCUT2D eigenvalue weighted by Gasteiger charge is 2.08. The van der Waals surface area contributed by atoms with Crippen LogP contribution in [0.25, 0.3) is 0 Å². The summed E-state index contributed by atoms with van der Waals surface area (Å²) in [5.41, 5.74) is 5.42. The molecule has 0 saturated carbocycles. The summed E-state index contributed by atoms with van der Waals surface area (Å²) in [6.45, 7) is 5.91. The van der Waals surface area contributed by atoms with E-state index in [-0.39, 0.29) is 11.8 Å². The summed E-state index contributed by atoms with van der Waals surface area (Å²) < 4.78 is 4.97. The highest BCUT2D eigenvalue weighted by atomic mass is 16.5. The van der Waals surface area contributed by atoms with E-state index in [4.69, 9.17) is 10.5 Å². The normalized spacial score (nSPS) is 14.9. The van der Waals surface area contributed by atoms with Crippen LogP contribution in [-0.2, 0) is 9.53 Å². The second-order valence-electron chi connectivity index (χ2n) is 3.91. The van der Waals surface area contributed by atoms with E-state index in [1.807, 2.05) is 13.8 Å². The van der Waals surface area contributed by atoms with Crippen molar-refractivity contribution in [3.05, 3.63) is 0 Å². The van der Waals surface area contributed by atoms with Crippen LogP contribution in [0.4, 0.5) is 0 Å². The molecule has 4 heteroatoms. The molecule has 84 valence electrons. The maximum Gasteiger partial charge on any atom is 0.220 e. The minimum absolute atomic E-state index is 0.0749. The Morgan fingerprint density at radius 3 is 2.57 bits per heavy atom. The van der Waals surface area contributed by atoms with Crippen molar-refractivity contribution in [1.82, 2.24) is 5.32 Å². The first-order valence-corrected chi connectivity index (χ1v) is 5.05. The molecule has 0 aromatic rings. The number of rotatable bonds is 7. The minimum atomic E-state index is 0.0749. The molecule has 1 amide bonds. The molecule has 0 spiro atoms. The molecule has 0 aliphatic heterocycles. The highest BCUT2D eigenvalue weighted by Crippen LogP contribution is 1.99. The standard InChI is InChI=1S/C10H22N2O2/c1-8(5-11)4-10(13)12-6-9(2)7-14-3/h8-9H,4-7,11H2,1-3H3,(H,12,13). The number of nitrogens with two attached hydrogens (primary N) is 1. The molecule has 0 heterocycles. The van der Waals surface area contributed by atoms with Crippen LogP contribution >= 0.6 is 0 Å². The molecular weight excluding hydrogens is 180 g/mol. The van der Waals surface area contributed by atoms with Crippen LogP contribution in [0, 0.1) is 11.8 Å². The number of carbonyl (C=O) groups excluding carboxylic acids is 1. The van der Waals surface area contributed by atoms with Crippen LogP contribution in [0.1, 0.15) is 20.3 Å². The van der Waals surface area contributed by atoms with Gasteiger partial charge in [0.2, 0.25) is 5.91 Å². The summed E-state index contributed by atoms with van der Waals surface area (Å²) in [6, 6.07) is 0. The quantitative estimate of drug-likeness (QED) is 0.627. The van der Waals surface area contributed by atoms with Gasteiger partial charge in [0.1, 0.15) is 0 Å². The van der Waals surface area contributed by atoms with Crippen molar-refractivity contribution < 1.29 is 9.53 Å². The summed E-state index contributed by atoms with van der Waals surface area (Å²) in [5, 5.41) is 2.86. The Morgan fingerprint density at radius 1 is 1.43 bits per heavy atom. The fraction of sp³-hybridized carbons (Fsp3) is 0.900. The molecule has 0 saturated heterocycles. The molecule has 0 aliphatic carbocycles. The summed E-state index contributed by atoms with van der Waals surface area (Å²) in [6.07, 6.45) is 0.510. The third kappa shape index (κ3) is 6.86. The predicted molar refractivity (Wildman–Crippen MR) is 56.9 cm³/mol. The van der Waals surface area contributed by atoms with Crippen LogP contribution < -0.4 is 11.1 Å². The van der Waals surface area contributed by atoms with Crippen LogP contribution in [0.3, 0.4) is 0 Å². The van der Waals surface area contributed by atoms with E-state index in [1.165, 1.54) is 0 Å². The largest absolute Gasteiger partial charge is 0.384 e. The Bertz CT molecular complexity index is 162. The SMILES string of the molecule is COCC(C)CNC(=O)CC(C)CN. The average molecular weight is 202 g/mol. The monoisotopic (exact) mass is 202 g/mol. The maximum atomic E-state index is 11.3. The van der Waals surface area contributed by atoms with Crippen molar-refractivity contribution in [2.24, 2.45) is 17.6 Å². The van der Waals surface area contributed by atoms with E-state index in [0.29, 0.717) is 32.0 Å². The fourth-order valence-electron chi connectivity index (χ4n) is 1.10. The molecule has 2 unspecified atom stereocenters. The van der Waals surface area contributed by atoms with E-state index >= 15 is 0 Å². The fourth-order valence-corrected chi connectivity index (χ4v) is 1.10. The molecule has 0 rings (SSSR count). The zero-order chi connectivity index (χ0) is 11.0. The van der Waals surface area contributed by atoms with E-state index in [1.54, 1.807) is 7.11 Å². The Labute approximate surface area is 86.2 Å². The number of carbonyl (C=O) groups is 1. The lowest BCUT2D eigenvalue weighted by Gasteiger charge is -2.13. The third-order valence-electron chi connectivity index (χ3n) is 2.04. The Kier molecular flexibility index (Phi) is 7.42. The van der Waals surface area contributed by atoms with Gasteiger partial charge in [-0.25, -0.2) is 0 Å². The highest BCUT2D eigenvalue weighted by molar-refractivity contribution is 5.76. The topological polar surface area (TPSA) is 64.3 Å². The molecule has 0 aromatic heterocycles. The van der Waals surface area contributed by atoms with Crippen LogP contribution in [-0.4, -0.2) is 32.7 Å². The van der Waals surface area contributed by atoms with Crippen molar-refractivity contribution in [1.29, 1.82) is 0 Å². The van der Waals surface area contributed by atoms with Gasteiger partial charge < -0.3 is 15.8 Å². The second-order valence-corrected chi connectivity index (χ2v) is 3.91. The lowest BCUT2D eigenvalue weighted by Crippen LogP contribution is -2.31. The van der Waals surface area contributed by atoms with Gasteiger partial charge in [0.05, 0.1) is 6.61 Å². The number of ether oxygens (including phenoxy) is 1. The van der Waals surface area contributed by atoms with Gasteiger partial charge in [-0.1, -0.05) is 13.8 Å². The maximum absolute atomic E-state index is 11.3. The summed E-state index contributed by atoms with van der Waals surface area (Å²) >= 11 is 0. The minimum Gasteiger partial charge on any atom is -0.384 e. The molecule has 2 atom stereocenters. The van der Waals surface area contributed by atoms with Crippen molar-refractivity contribution in [3.8, 4) is 0 Å². The van der Waals surface area contributed by atoms with E-state index in [9.17, 15) is 4.79 Å². The zero-order valence-electron chi connectivity index (χ0n) is 9.38. The van der Waals surface area contributed by atoms with E-state index in [2.05, 4.69) is 5.32 Å². The van der Waals surface area contributed by atoms with Crippen LogP contribution in [0.5, 0.6) is 0 Å². The van der Waals surface area contributed by atoms with Gasteiger partial charge in [-0.2, -0.15) is 0 Å². The molecule has 4 nitrogen and oxygen atoms in total. The molecule has 0 aliphatic rings. The Morgan fingerprint density at radius 2 is 2.07 bits per heavy atom. The first kappa shape index (κ1) is 13.4. The van der Waals surface area contributed by atoms with E-state index < -0.39 is 0 Å². The molecule has 0 bridgehead atoms. The summed E-state index contributed by atoms with van der Waals surface area (Å²) in [5.74, 6) is 0.691. The molecule has 0 aromatic carbocycles. The molecule has 0 fully saturated rings. The summed E-state index contributed by atoms with van der Waals surface area (Å²) in [4.78, 5) is 11.3. The second kappa shape index (κ2) is 7.76. The zero-order valence-corrected chi connectivity index (χ0v) is 9.38. The van der Waals surface area contributed by atoms with Crippen molar-refractivity contribution in [2.75, 3.05) is 26.8 Å². The van der Waals surface area contributed by atoms with Gasteiger partial charge in [-0.3, -0.25) is 4.79 Å². The predicted octanol–water partition coefficient (Wildman–Crippen LogP) is 0.370. The molecule has 14 heavy (non-hydrogen) atoms. The molecule has 0 radical (unpaired) electrons. The van der Waals surface area contributed by atoms with Crippen molar-refractivity contribution in [2.45, 2.75) is 20.3 Å². The van der Waals surface area contributed by atoms with Crippen LogP contribution in [0.15, 0.2) is 0 Å². The van der Waals surface area contributed by atoms with Crippen molar-refractivity contribution in [3.63, 3.8) is 0 Å². The average Bonchev–Trinajstić information content (AvgIpc) is 2.15. The smallest absolute Gasteiger partial charge is 0.220 e.